The van der Waals surface area contributed by atoms with Crippen molar-refractivity contribution in [2.24, 2.45) is 5.92 Å². The number of fused-ring (bicyclic) bond motifs is 1. The number of halogens is 2. The zero-order valence-electron chi connectivity index (χ0n) is 21.0. The summed E-state index contributed by atoms with van der Waals surface area (Å²) in [7, 11) is 0. The molecule has 3 unspecified atom stereocenters. The Balaban J connectivity index is 1.25. The van der Waals surface area contributed by atoms with Crippen LogP contribution >= 0.6 is 23.2 Å². The molecule has 2 heterocycles. The SMILES string of the molecule is CCCCC(=O)N1CCN(C2CCC3NCN(CC(=O)NCc4ccc(Cl)c(Cl)c4)C(=O)C3C2)CC1. The maximum absolute atomic E-state index is 13.3. The highest BCUT2D eigenvalue weighted by Crippen LogP contribution is 2.32. The highest BCUT2D eigenvalue weighted by atomic mass is 35.5. The van der Waals surface area contributed by atoms with Gasteiger partial charge in [-0.1, -0.05) is 42.6 Å². The van der Waals surface area contributed by atoms with Crippen molar-refractivity contribution in [1.82, 2.24) is 25.3 Å². The summed E-state index contributed by atoms with van der Waals surface area (Å²) in [5, 5.41) is 7.27. The highest BCUT2D eigenvalue weighted by Gasteiger charge is 2.42. The number of amides is 3. The molecule has 0 aromatic heterocycles. The number of rotatable bonds is 8. The molecule has 3 aliphatic rings. The van der Waals surface area contributed by atoms with Crippen molar-refractivity contribution in [3.8, 4) is 0 Å². The lowest BCUT2D eigenvalue weighted by Gasteiger charge is -2.47. The normalized spacial score (nSPS) is 25.0. The number of benzene rings is 1. The topological polar surface area (TPSA) is 85.0 Å². The molecule has 1 aliphatic carbocycles. The van der Waals surface area contributed by atoms with Crippen LogP contribution in [0.5, 0.6) is 0 Å². The second-order valence-corrected chi connectivity index (χ2v) is 10.9. The van der Waals surface area contributed by atoms with Gasteiger partial charge in [0.05, 0.1) is 22.6 Å². The Hall–Kier alpha value is -1.87. The monoisotopic (exact) mass is 537 g/mol. The van der Waals surface area contributed by atoms with Crippen molar-refractivity contribution in [1.29, 1.82) is 0 Å². The van der Waals surface area contributed by atoms with Crippen LogP contribution in [0.15, 0.2) is 18.2 Å². The van der Waals surface area contributed by atoms with Crippen molar-refractivity contribution < 1.29 is 14.4 Å². The van der Waals surface area contributed by atoms with Gasteiger partial charge < -0.3 is 15.1 Å². The van der Waals surface area contributed by atoms with Crippen LogP contribution < -0.4 is 10.6 Å². The summed E-state index contributed by atoms with van der Waals surface area (Å²) in [5.74, 6) is -0.00283. The fourth-order valence-corrected chi connectivity index (χ4v) is 5.89. The summed E-state index contributed by atoms with van der Waals surface area (Å²) in [6.07, 6.45) is 5.42. The lowest BCUT2D eigenvalue weighted by molar-refractivity contribution is -0.146. The van der Waals surface area contributed by atoms with E-state index in [9.17, 15) is 14.4 Å². The molecule has 0 spiro atoms. The third-order valence-corrected chi connectivity index (χ3v) is 8.47. The Morgan fingerprint density at radius 1 is 1.11 bits per heavy atom. The molecule has 3 fully saturated rings. The van der Waals surface area contributed by atoms with E-state index in [-0.39, 0.29) is 36.2 Å². The maximum Gasteiger partial charge on any atom is 0.239 e. The standard InChI is InChI=1S/C26H37Cl2N5O3/c1-2-3-4-25(35)32-11-9-31(10-12-32)19-6-8-23-20(14-19)26(36)33(17-30-23)16-24(34)29-15-18-5-7-21(27)22(28)13-18/h5,7,13,19-20,23,30H,2-4,6,8-12,14-17H2,1H3,(H,29,34). The lowest BCUT2D eigenvalue weighted by atomic mass is 9.79. The van der Waals surface area contributed by atoms with Crippen molar-refractivity contribution in [2.45, 2.75) is 64.1 Å². The van der Waals surface area contributed by atoms with Gasteiger partial charge in [0, 0.05) is 51.2 Å². The first-order valence-corrected chi connectivity index (χ1v) is 13.9. The molecular formula is C26H37Cl2N5O3. The minimum atomic E-state index is -0.203. The quantitative estimate of drug-likeness (QED) is 0.532. The van der Waals surface area contributed by atoms with E-state index in [1.54, 1.807) is 17.0 Å². The second kappa shape index (κ2) is 12.6. The van der Waals surface area contributed by atoms with Crippen LogP contribution in [0, 0.1) is 5.92 Å². The number of piperazine rings is 1. The number of hydrogen-bond donors (Lipinski definition) is 2. The van der Waals surface area contributed by atoms with Gasteiger partial charge in [-0.05, 0) is 43.4 Å². The Morgan fingerprint density at radius 3 is 2.61 bits per heavy atom. The summed E-state index contributed by atoms with van der Waals surface area (Å²) >= 11 is 12.0. The second-order valence-electron chi connectivity index (χ2n) is 10.1. The first kappa shape index (κ1) is 27.2. The van der Waals surface area contributed by atoms with Gasteiger partial charge in [-0.25, -0.2) is 0 Å². The van der Waals surface area contributed by atoms with Gasteiger partial charge in [0.25, 0.3) is 0 Å². The smallest absolute Gasteiger partial charge is 0.239 e. The average molecular weight is 539 g/mol. The highest BCUT2D eigenvalue weighted by molar-refractivity contribution is 6.42. The van der Waals surface area contributed by atoms with Crippen molar-refractivity contribution >= 4 is 40.9 Å². The van der Waals surface area contributed by atoms with E-state index in [0.717, 1.165) is 63.8 Å². The molecule has 1 saturated carbocycles. The third-order valence-electron chi connectivity index (χ3n) is 7.73. The molecule has 2 N–H and O–H groups in total. The van der Waals surface area contributed by atoms with Crippen LogP contribution in [0.3, 0.4) is 0 Å². The molecule has 3 amide bonds. The first-order valence-electron chi connectivity index (χ1n) is 13.1. The summed E-state index contributed by atoms with van der Waals surface area (Å²) < 4.78 is 0. The fraction of sp³-hybridized carbons (Fsp3) is 0.654. The minimum absolute atomic E-state index is 0.0274. The van der Waals surface area contributed by atoms with E-state index in [2.05, 4.69) is 22.5 Å². The number of nitrogens with zero attached hydrogens (tertiary/aromatic N) is 3. The van der Waals surface area contributed by atoms with Gasteiger partial charge in [-0.2, -0.15) is 0 Å². The average Bonchev–Trinajstić information content (AvgIpc) is 2.89. The van der Waals surface area contributed by atoms with Gasteiger partial charge in [0.2, 0.25) is 17.7 Å². The van der Waals surface area contributed by atoms with E-state index < -0.39 is 0 Å². The Kier molecular flexibility index (Phi) is 9.50. The van der Waals surface area contributed by atoms with Gasteiger partial charge in [-0.15, -0.1) is 0 Å². The van der Waals surface area contributed by atoms with Crippen molar-refractivity contribution in [3.63, 3.8) is 0 Å². The van der Waals surface area contributed by atoms with Crippen LogP contribution in [-0.4, -0.2) is 83.9 Å². The number of nitrogens with one attached hydrogen (secondary N) is 2. The van der Waals surface area contributed by atoms with Gasteiger partial charge in [-0.3, -0.25) is 24.6 Å². The number of carbonyl (C=O) groups excluding carboxylic acids is 3. The van der Waals surface area contributed by atoms with Crippen LogP contribution in [0.1, 0.15) is 51.0 Å². The first-order chi connectivity index (χ1) is 17.4. The number of hydrogen-bond acceptors (Lipinski definition) is 5. The molecule has 0 radical (unpaired) electrons. The third kappa shape index (κ3) is 6.71. The van der Waals surface area contributed by atoms with E-state index in [1.165, 1.54) is 0 Å². The molecule has 4 rings (SSSR count). The largest absolute Gasteiger partial charge is 0.350 e. The molecule has 2 saturated heterocycles. The lowest BCUT2D eigenvalue weighted by Crippen LogP contribution is -2.62. The summed E-state index contributed by atoms with van der Waals surface area (Å²) in [6.45, 7) is 6.11. The molecule has 10 heteroatoms. The van der Waals surface area contributed by atoms with Gasteiger partial charge in [0.1, 0.15) is 6.54 Å². The van der Waals surface area contributed by atoms with Crippen molar-refractivity contribution in [3.05, 3.63) is 33.8 Å². The Morgan fingerprint density at radius 2 is 1.89 bits per heavy atom. The Bertz CT molecular complexity index is 954. The van der Waals surface area contributed by atoms with Crippen LogP contribution in [0.25, 0.3) is 0 Å². The summed E-state index contributed by atoms with van der Waals surface area (Å²) in [6, 6.07) is 5.75. The molecule has 8 nitrogen and oxygen atoms in total. The minimum Gasteiger partial charge on any atom is -0.350 e. The molecule has 2 aliphatic heterocycles. The number of carbonyl (C=O) groups is 3. The van der Waals surface area contributed by atoms with Crippen molar-refractivity contribution in [2.75, 3.05) is 39.4 Å². The zero-order chi connectivity index (χ0) is 25.7. The van der Waals surface area contributed by atoms with Crippen LogP contribution in [-0.2, 0) is 20.9 Å². The summed E-state index contributed by atoms with van der Waals surface area (Å²) in [4.78, 5) is 44.3. The Labute approximate surface area is 223 Å². The zero-order valence-corrected chi connectivity index (χ0v) is 22.5. The maximum atomic E-state index is 13.3. The molecule has 36 heavy (non-hydrogen) atoms. The molecule has 0 bridgehead atoms. The molecule has 3 atom stereocenters. The fourth-order valence-electron chi connectivity index (χ4n) is 5.57. The van der Waals surface area contributed by atoms with E-state index in [1.807, 2.05) is 11.0 Å². The predicted octanol–water partition coefficient (Wildman–Crippen LogP) is 2.87. The van der Waals surface area contributed by atoms with Crippen LogP contribution in [0.2, 0.25) is 10.0 Å². The van der Waals surface area contributed by atoms with E-state index in [4.69, 9.17) is 23.2 Å². The van der Waals surface area contributed by atoms with Gasteiger partial charge in [0.15, 0.2) is 0 Å². The van der Waals surface area contributed by atoms with Gasteiger partial charge >= 0.3 is 0 Å². The van der Waals surface area contributed by atoms with E-state index in [0.29, 0.717) is 35.7 Å². The molecule has 198 valence electrons. The summed E-state index contributed by atoms with van der Waals surface area (Å²) in [5.41, 5.74) is 0.850. The van der Waals surface area contributed by atoms with Crippen LogP contribution in [0.4, 0.5) is 0 Å². The predicted molar refractivity (Wildman–Crippen MR) is 141 cm³/mol. The number of unbranched alkanes of at least 4 members (excludes halogenated alkanes) is 1. The van der Waals surface area contributed by atoms with E-state index >= 15 is 0 Å². The molecule has 1 aromatic rings. The molecule has 1 aromatic carbocycles. The molecular weight excluding hydrogens is 501 g/mol.